The maximum atomic E-state index is 12.3. The largest absolute Gasteiger partial charge is 0.342 e. The van der Waals surface area contributed by atoms with Crippen LogP contribution in [-0.4, -0.2) is 34.2 Å². The molecule has 0 spiro atoms. The summed E-state index contributed by atoms with van der Waals surface area (Å²) in [6.45, 7) is 2.92. The van der Waals surface area contributed by atoms with Crippen molar-refractivity contribution in [1.82, 2.24) is 14.7 Å². The second kappa shape index (κ2) is 6.37. The number of rotatable bonds is 5. The van der Waals surface area contributed by atoms with Crippen LogP contribution in [0.25, 0.3) is 11.1 Å². The van der Waals surface area contributed by atoms with E-state index in [1.54, 1.807) is 9.58 Å². The number of carbonyl (C=O) groups excluding carboxylic acids is 1. The Morgan fingerprint density at radius 3 is 2.80 bits per heavy atom. The average Bonchev–Trinajstić information content (AvgIpc) is 2.90. The molecule has 2 rings (SSSR count). The average molecular weight is 271 g/mol. The van der Waals surface area contributed by atoms with E-state index in [4.69, 9.17) is 0 Å². The molecular formula is C16H21N3O. The van der Waals surface area contributed by atoms with Gasteiger partial charge in [-0.25, -0.2) is 0 Å². The highest BCUT2D eigenvalue weighted by Crippen LogP contribution is 2.20. The number of hydrogen-bond acceptors (Lipinski definition) is 2. The molecule has 0 N–H and O–H groups in total. The van der Waals surface area contributed by atoms with E-state index in [0.29, 0.717) is 0 Å². The number of aromatic nitrogens is 2. The van der Waals surface area contributed by atoms with Gasteiger partial charge in [-0.15, -0.1) is 0 Å². The molecule has 4 heteroatoms. The van der Waals surface area contributed by atoms with Crippen molar-refractivity contribution in [3.63, 3.8) is 0 Å². The van der Waals surface area contributed by atoms with Crippen LogP contribution in [0.4, 0.5) is 0 Å². The fraction of sp³-hybridized carbons (Fsp3) is 0.375. The molecule has 2 aromatic rings. The van der Waals surface area contributed by atoms with Crippen LogP contribution in [0.15, 0.2) is 36.7 Å². The quantitative estimate of drug-likeness (QED) is 0.838. The van der Waals surface area contributed by atoms with E-state index in [2.05, 4.69) is 12.0 Å². The minimum absolute atomic E-state index is 0.0733. The van der Waals surface area contributed by atoms with Crippen LogP contribution in [-0.2, 0) is 7.05 Å². The highest BCUT2D eigenvalue weighted by atomic mass is 16.2. The Morgan fingerprint density at radius 2 is 2.15 bits per heavy atom. The SMILES string of the molecule is CCCCN(C)C(=O)c1cccc(-c2cnn(C)c2)c1. The van der Waals surface area contributed by atoms with E-state index in [-0.39, 0.29) is 5.91 Å². The Kier molecular flexibility index (Phi) is 4.56. The summed E-state index contributed by atoms with van der Waals surface area (Å²) >= 11 is 0. The summed E-state index contributed by atoms with van der Waals surface area (Å²) in [5.74, 6) is 0.0733. The molecule has 0 unspecified atom stereocenters. The molecule has 1 amide bonds. The summed E-state index contributed by atoms with van der Waals surface area (Å²) in [5, 5.41) is 4.16. The summed E-state index contributed by atoms with van der Waals surface area (Å²) in [7, 11) is 3.74. The molecule has 1 heterocycles. The summed E-state index contributed by atoms with van der Waals surface area (Å²) < 4.78 is 1.76. The summed E-state index contributed by atoms with van der Waals surface area (Å²) in [5.41, 5.74) is 2.77. The van der Waals surface area contributed by atoms with Crippen LogP contribution < -0.4 is 0 Å². The fourth-order valence-electron chi connectivity index (χ4n) is 2.12. The molecule has 4 nitrogen and oxygen atoms in total. The van der Waals surface area contributed by atoms with Crippen molar-refractivity contribution in [2.45, 2.75) is 19.8 Å². The van der Waals surface area contributed by atoms with Crippen molar-refractivity contribution in [3.05, 3.63) is 42.2 Å². The van der Waals surface area contributed by atoms with E-state index < -0.39 is 0 Å². The Bertz CT molecular complexity index is 589. The van der Waals surface area contributed by atoms with Gasteiger partial charge in [0.05, 0.1) is 6.20 Å². The Morgan fingerprint density at radius 1 is 1.35 bits per heavy atom. The fourth-order valence-corrected chi connectivity index (χ4v) is 2.12. The van der Waals surface area contributed by atoms with Gasteiger partial charge in [-0.3, -0.25) is 9.48 Å². The molecule has 0 aliphatic rings. The molecule has 1 aromatic heterocycles. The number of amides is 1. The maximum Gasteiger partial charge on any atom is 0.253 e. The molecule has 0 saturated heterocycles. The maximum absolute atomic E-state index is 12.3. The Balaban J connectivity index is 2.19. The van der Waals surface area contributed by atoms with E-state index >= 15 is 0 Å². The van der Waals surface area contributed by atoms with Gasteiger partial charge in [0.2, 0.25) is 0 Å². The standard InChI is InChI=1S/C16H21N3O/c1-4-5-9-18(2)16(20)14-8-6-7-13(10-14)15-11-17-19(3)12-15/h6-8,10-12H,4-5,9H2,1-3H3. The van der Waals surface area contributed by atoms with E-state index in [1.807, 2.05) is 50.8 Å². The number of carbonyl (C=O) groups is 1. The van der Waals surface area contributed by atoms with Crippen molar-refractivity contribution < 1.29 is 4.79 Å². The third-order valence-electron chi connectivity index (χ3n) is 3.34. The smallest absolute Gasteiger partial charge is 0.253 e. The lowest BCUT2D eigenvalue weighted by atomic mass is 10.1. The van der Waals surface area contributed by atoms with Crippen molar-refractivity contribution in [2.24, 2.45) is 7.05 Å². The first kappa shape index (κ1) is 14.3. The van der Waals surface area contributed by atoms with Gasteiger partial charge >= 0.3 is 0 Å². The second-order valence-corrected chi connectivity index (χ2v) is 5.06. The molecule has 0 bridgehead atoms. The molecule has 1 aromatic carbocycles. The predicted molar refractivity (Wildman–Crippen MR) is 80.5 cm³/mol. The highest BCUT2D eigenvalue weighted by molar-refractivity contribution is 5.95. The van der Waals surface area contributed by atoms with E-state index in [0.717, 1.165) is 36.1 Å². The molecule has 0 atom stereocenters. The number of nitrogens with zero attached hydrogens (tertiary/aromatic N) is 3. The lowest BCUT2D eigenvalue weighted by Crippen LogP contribution is -2.27. The van der Waals surface area contributed by atoms with Crippen molar-refractivity contribution in [1.29, 1.82) is 0 Å². The van der Waals surface area contributed by atoms with Gasteiger partial charge in [-0.2, -0.15) is 5.10 Å². The van der Waals surface area contributed by atoms with Crippen LogP contribution in [0.1, 0.15) is 30.1 Å². The van der Waals surface area contributed by atoms with Gasteiger partial charge in [0.25, 0.3) is 5.91 Å². The lowest BCUT2D eigenvalue weighted by Gasteiger charge is -2.17. The zero-order chi connectivity index (χ0) is 14.5. The minimum Gasteiger partial charge on any atom is -0.342 e. The number of hydrogen-bond donors (Lipinski definition) is 0. The zero-order valence-electron chi connectivity index (χ0n) is 12.3. The monoisotopic (exact) mass is 271 g/mol. The van der Waals surface area contributed by atoms with Gasteiger partial charge in [0, 0.05) is 38.0 Å². The molecule has 0 radical (unpaired) electrons. The molecule has 0 aliphatic carbocycles. The number of aryl methyl sites for hydroxylation is 1. The first-order valence-electron chi connectivity index (χ1n) is 6.96. The summed E-state index contributed by atoms with van der Waals surface area (Å²) in [6.07, 6.45) is 5.88. The predicted octanol–water partition coefficient (Wildman–Crippen LogP) is 2.96. The lowest BCUT2D eigenvalue weighted by molar-refractivity contribution is 0.0793. The van der Waals surface area contributed by atoms with Crippen molar-refractivity contribution >= 4 is 5.91 Å². The van der Waals surface area contributed by atoms with Crippen LogP contribution in [0.5, 0.6) is 0 Å². The van der Waals surface area contributed by atoms with Gasteiger partial charge in [-0.05, 0) is 24.1 Å². The van der Waals surface area contributed by atoms with Gasteiger partial charge in [0.15, 0.2) is 0 Å². The van der Waals surface area contributed by atoms with Crippen molar-refractivity contribution in [3.8, 4) is 11.1 Å². The van der Waals surface area contributed by atoms with Gasteiger partial charge in [0.1, 0.15) is 0 Å². The zero-order valence-corrected chi connectivity index (χ0v) is 12.3. The van der Waals surface area contributed by atoms with Crippen LogP contribution in [0.2, 0.25) is 0 Å². The molecule has 20 heavy (non-hydrogen) atoms. The number of unbranched alkanes of at least 4 members (excludes halogenated alkanes) is 1. The molecule has 0 aliphatic heterocycles. The first-order chi connectivity index (χ1) is 9.61. The van der Waals surface area contributed by atoms with Crippen LogP contribution in [0, 0.1) is 0 Å². The Labute approximate surface area is 120 Å². The number of benzene rings is 1. The highest BCUT2D eigenvalue weighted by Gasteiger charge is 2.12. The van der Waals surface area contributed by atoms with Crippen LogP contribution >= 0.6 is 0 Å². The summed E-state index contributed by atoms with van der Waals surface area (Å²) in [6, 6.07) is 7.72. The van der Waals surface area contributed by atoms with Crippen molar-refractivity contribution in [2.75, 3.05) is 13.6 Å². The first-order valence-corrected chi connectivity index (χ1v) is 6.96. The minimum atomic E-state index is 0.0733. The molecule has 106 valence electrons. The normalized spacial score (nSPS) is 10.6. The third kappa shape index (κ3) is 3.26. The molecular weight excluding hydrogens is 250 g/mol. The molecule has 0 fully saturated rings. The Hall–Kier alpha value is -2.10. The third-order valence-corrected chi connectivity index (χ3v) is 3.34. The topological polar surface area (TPSA) is 38.1 Å². The van der Waals surface area contributed by atoms with Crippen LogP contribution in [0.3, 0.4) is 0 Å². The second-order valence-electron chi connectivity index (χ2n) is 5.06. The summed E-state index contributed by atoms with van der Waals surface area (Å²) in [4.78, 5) is 14.1. The molecule has 0 saturated carbocycles. The van der Waals surface area contributed by atoms with E-state index in [1.165, 1.54) is 0 Å². The van der Waals surface area contributed by atoms with E-state index in [9.17, 15) is 4.79 Å². The van der Waals surface area contributed by atoms with Gasteiger partial charge < -0.3 is 4.90 Å². The van der Waals surface area contributed by atoms with Gasteiger partial charge in [-0.1, -0.05) is 25.5 Å².